The molecule has 0 aliphatic rings. The van der Waals surface area contributed by atoms with Gasteiger partial charge in [-0.05, 0) is 58.1 Å². The Morgan fingerprint density at radius 3 is 2.38 bits per heavy atom. The Labute approximate surface area is 127 Å². The second kappa shape index (κ2) is 8.64. The van der Waals surface area contributed by atoms with Gasteiger partial charge in [-0.1, -0.05) is 12.1 Å². The molecule has 5 heteroatoms. The van der Waals surface area contributed by atoms with Crippen LogP contribution in [0.15, 0.2) is 24.3 Å². The first-order valence-corrected chi connectivity index (χ1v) is 7.41. The van der Waals surface area contributed by atoms with Crippen LogP contribution >= 0.6 is 0 Å². The van der Waals surface area contributed by atoms with Crippen LogP contribution in [0.4, 0.5) is 0 Å². The van der Waals surface area contributed by atoms with E-state index in [1.54, 1.807) is 24.3 Å². The molecule has 118 valence electrons. The summed E-state index contributed by atoms with van der Waals surface area (Å²) in [6.45, 7) is 4.34. The fourth-order valence-corrected chi connectivity index (χ4v) is 2.21. The van der Waals surface area contributed by atoms with Gasteiger partial charge in [-0.3, -0.25) is 4.79 Å². The predicted octanol–water partition coefficient (Wildman–Crippen LogP) is 1.06. The molecule has 0 aliphatic carbocycles. The number of nitrogens with zero attached hydrogens (tertiary/aromatic N) is 2. The van der Waals surface area contributed by atoms with Gasteiger partial charge in [-0.2, -0.15) is 0 Å². The third kappa shape index (κ3) is 6.14. The number of aromatic hydroxyl groups is 1. The Morgan fingerprint density at radius 2 is 1.86 bits per heavy atom. The molecule has 0 aliphatic heterocycles. The Morgan fingerprint density at radius 1 is 1.24 bits per heavy atom. The van der Waals surface area contributed by atoms with Crippen LogP contribution in [0.25, 0.3) is 0 Å². The number of phenols is 1. The standard InChI is InChI=1S/C16H27N3O2/c1-4-19(11-5-10-18(2)3)16(21)15(17)12-13-6-8-14(20)9-7-13/h6-9,15,20H,4-5,10-12,17H2,1-3H3. The van der Waals surface area contributed by atoms with Crippen LogP contribution < -0.4 is 5.73 Å². The SMILES string of the molecule is CCN(CCCN(C)C)C(=O)C(N)Cc1ccc(O)cc1. The van der Waals surface area contributed by atoms with E-state index in [1.807, 2.05) is 25.9 Å². The smallest absolute Gasteiger partial charge is 0.239 e. The Hall–Kier alpha value is -1.59. The lowest BCUT2D eigenvalue weighted by molar-refractivity contribution is -0.132. The summed E-state index contributed by atoms with van der Waals surface area (Å²) >= 11 is 0. The molecule has 0 heterocycles. The molecule has 0 bridgehead atoms. The summed E-state index contributed by atoms with van der Waals surface area (Å²) < 4.78 is 0. The van der Waals surface area contributed by atoms with Crippen molar-refractivity contribution in [2.45, 2.75) is 25.8 Å². The highest BCUT2D eigenvalue weighted by atomic mass is 16.3. The van der Waals surface area contributed by atoms with Crippen molar-refractivity contribution < 1.29 is 9.90 Å². The van der Waals surface area contributed by atoms with Crippen LogP contribution in [0.3, 0.4) is 0 Å². The van der Waals surface area contributed by atoms with E-state index in [0.29, 0.717) is 13.0 Å². The van der Waals surface area contributed by atoms with Gasteiger partial charge in [0.25, 0.3) is 0 Å². The Kier molecular flexibility index (Phi) is 7.19. The number of amides is 1. The molecular weight excluding hydrogens is 266 g/mol. The van der Waals surface area contributed by atoms with Crippen molar-refractivity contribution in [1.29, 1.82) is 0 Å². The van der Waals surface area contributed by atoms with Gasteiger partial charge < -0.3 is 20.6 Å². The van der Waals surface area contributed by atoms with E-state index >= 15 is 0 Å². The molecule has 3 N–H and O–H groups in total. The van der Waals surface area contributed by atoms with Crippen molar-refractivity contribution in [2.75, 3.05) is 33.7 Å². The second-order valence-electron chi connectivity index (χ2n) is 5.55. The minimum Gasteiger partial charge on any atom is -0.508 e. The van der Waals surface area contributed by atoms with Gasteiger partial charge in [0.1, 0.15) is 5.75 Å². The minimum atomic E-state index is -0.533. The monoisotopic (exact) mass is 293 g/mol. The number of hydrogen-bond acceptors (Lipinski definition) is 4. The van der Waals surface area contributed by atoms with E-state index in [1.165, 1.54) is 0 Å². The van der Waals surface area contributed by atoms with Crippen molar-refractivity contribution in [3.63, 3.8) is 0 Å². The minimum absolute atomic E-state index is 0.00988. The Bertz CT molecular complexity index is 432. The average Bonchev–Trinajstić information content (AvgIpc) is 2.45. The molecule has 1 amide bonds. The maximum Gasteiger partial charge on any atom is 0.239 e. The Balaban J connectivity index is 2.52. The lowest BCUT2D eigenvalue weighted by atomic mass is 10.1. The summed E-state index contributed by atoms with van der Waals surface area (Å²) in [5.74, 6) is 0.210. The number of phenolic OH excluding ortho intramolecular Hbond substituents is 1. The molecule has 0 saturated carbocycles. The van der Waals surface area contributed by atoms with Gasteiger partial charge in [0.05, 0.1) is 6.04 Å². The molecule has 1 aromatic carbocycles. The van der Waals surface area contributed by atoms with Crippen LogP contribution in [-0.4, -0.2) is 60.6 Å². The van der Waals surface area contributed by atoms with Crippen LogP contribution in [0.5, 0.6) is 5.75 Å². The largest absolute Gasteiger partial charge is 0.508 e. The van der Waals surface area contributed by atoms with Crippen molar-refractivity contribution in [3.05, 3.63) is 29.8 Å². The number of hydrogen-bond donors (Lipinski definition) is 2. The lowest BCUT2D eigenvalue weighted by Crippen LogP contribution is -2.45. The summed E-state index contributed by atoms with van der Waals surface area (Å²) in [6.07, 6.45) is 1.43. The molecule has 1 aromatic rings. The maximum atomic E-state index is 12.4. The van der Waals surface area contributed by atoms with Gasteiger partial charge in [0, 0.05) is 13.1 Å². The number of carbonyl (C=O) groups excluding carboxylic acids is 1. The van der Waals surface area contributed by atoms with Crippen LogP contribution in [0, 0.1) is 0 Å². The molecule has 0 saturated heterocycles. The molecule has 0 radical (unpaired) electrons. The van der Waals surface area contributed by atoms with Gasteiger partial charge in [-0.15, -0.1) is 0 Å². The van der Waals surface area contributed by atoms with E-state index in [9.17, 15) is 9.90 Å². The number of benzene rings is 1. The molecule has 1 atom stereocenters. The van der Waals surface area contributed by atoms with Crippen molar-refractivity contribution in [1.82, 2.24) is 9.80 Å². The van der Waals surface area contributed by atoms with Gasteiger partial charge in [0.15, 0.2) is 0 Å². The average molecular weight is 293 g/mol. The maximum absolute atomic E-state index is 12.4. The van der Waals surface area contributed by atoms with Crippen LogP contribution in [-0.2, 0) is 11.2 Å². The zero-order valence-corrected chi connectivity index (χ0v) is 13.2. The summed E-state index contributed by atoms with van der Waals surface area (Å²) in [6, 6.07) is 6.28. The zero-order valence-electron chi connectivity index (χ0n) is 13.2. The first-order chi connectivity index (χ1) is 9.93. The molecule has 1 rings (SSSR count). The molecule has 1 unspecified atom stereocenters. The predicted molar refractivity (Wildman–Crippen MR) is 85.2 cm³/mol. The van der Waals surface area contributed by atoms with E-state index in [0.717, 1.165) is 25.1 Å². The van der Waals surface area contributed by atoms with Crippen molar-refractivity contribution in [2.24, 2.45) is 5.73 Å². The highest BCUT2D eigenvalue weighted by Gasteiger charge is 2.19. The third-order valence-corrected chi connectivity index (χ3v) is 3.44. The number of nitrogens with two attached hydrogens (primary N) is 1. The van der Waals surface area contributed by atoms with Crippen LogP contribution in [0.2, 0.25) is 0 Å². The molecule has 0 spiro atoms. The summed E-state index contributed by atoms with van der Waals surface area (Å²) in [5, 5.41) is 9.26. The molecule has 0 fully saturated rings. The van der Waals surface area contributed by atoms with Gasteiger partial charge >= 0.3 is 0 Å². The van der Waals surface area contributed by atoms with E-state index in [-0.39, 0.29) is 11.7 Å². The van der Waals surface area contributed by atoms with Crippen molar-refractivity contribution >= 4 is 5.91 Å². The molecule has 0 aromatic heterocycles. The van der Waals surface area contributed by atoms with Gasteiger partial charge in [0.2, 0.25) is 5.91 Å². The highest BCUT2D eigenvalue weighted by Crippen LogP contribution is 2.11. The summed E-state index contributed by atoms with van der Waals surface area (Å²) in [4.78, 5) is 16.3. The number of rotatable bonds is 8. The van der Waals surface area contributed by atoms with E-state index in [4.69, 9.17) is 5.73 Å². The molecular formula is C16H27N3O2. The topological polar surface area (TPSA) is 69.8 Å². The number of likely N-dealkylation sites (N-methyl/N-ethyl adjacent to an activating group) is 1. The van der Waals surface area contributed by atoms with E-state index < -0.39 is 6.04 Å². The second-order valence-corrected chi connectivity index (χ2v) is 5.55. The summed E-state index contributed by atoms with van der Waals surface area (Å²) in [5.41, 5.74) is 6.99. The highest BCUT2D eigenvalue weighted by molar-refractivity contribution is 5.82. The quantitative estimate of drug-likeness (QED) is 0.752. The summed E-state index contributed by atoms with van der Waals surface area (Å²) in [7, 11) is 4.04. The number of carbonyl (C=O) groups is 1. The fraction of sp³-hybridized carbons (Fsp3) is 0.562. The first kappa shape index (κ1) is 17.5. The van der Waals surface area contributed by atoms with Gasteiger partial charge in [-0.25, -0.2) is 0 Å². The van der Waals surface area contributed by atoms with Crippen molar-refractivity contribution in [3.8, 4) is 5.75 Å². The normalized spacial score (nSPS) is 12.4. The third-order valence-electron chi connectivity index (χ3n) is 3.44. The first-order valence-electron chi connectivity index (χ1n) is 7.41. The zero-order chi connectivity index (χ0) is 15.8. The lowest BCUT2D eigenvalue weighted by Gasteiger charge is -2.25. The van der Waals surface area contributed by atoms with E-state index in [2.05, 4.69) is 4.90 Å². The van der Waals surface area contributed by atoms with Crippen LogP contribution in [0.1, 0.15) is 18.9 Å². The molecule has 21 heavy (non-hydrogen) atoms. The fourth-order valence-electron chi connectivity index (χ4n) is 2.21. The molecule has 5 nitrogen and oxygen atoms in total.